The van der Waals surface area contributed by atoms with Gasteiger partial charge < -0.3 is 4.90 Å². The van der Waals surface area contributed by atoms with Gasteiger partial charge in [-0.25, -0.2) is 0 Å². The van der Waals surface area contributed by atoms with Gasteiger partial charge in [-0.15, -0.1) is 0 Å². The second-order valence-electron chi connectivity index (χ2n) is 12.8. The Balaban J connectivity index is 1.64. The van der Waals surface area contributed by atoms with Gasteiger partial charge in [0.05, 0.1) is 5.69 Å². The molecular formula is C38H37N. The summed E-state index contributed by atoms with van der Waals surface area (Å²) in [6, 6.07) is 42.7. The predicted molar refractivity (Wildman–Crippen MR) is 171 cm³/mol. The van der Waals surface area contributed by atoms with Crippen molar-refractivity contribution in [3.63, 3.8) is 0 Å². The lowest BCUT2D eigenvalue weighted by molar-refractivity contribution is 0.590. The molecule has 39 heavy (non-hydrogen) atoms. The minimum absolute atomic E-state index is 0.106. The standard InChI is InChI=1S/C38H37N/c1-37(2,3)28-17-21-30(22-18-28)39(31-23-19-29(20-24-31)38(4,5)6)35-25-27-16-15-26-11-7-8-12-32(26)36(27)34-14-10-9-13-33(34)35/h7-25H,1-6H3. The van der Waals surface area contributed by atoms with Gasteiger partial charge in [0.1, 0.15) is 0 Å². The SMILES string of the molecule is CC(C)(C)c1ccc(N(c2ccc(C(C)(C)C)cc2)c2cc3ccc4ccccc4c3c3ccccc23)cc1. The molecule has 0 spiro atoms. The van der Waals surface area contributed by atoms with Gasteiger partial charge in [0, 0.05) is 16.8 Å². The fraction of sp³-hybridized carbons (Fsp3) is 0.211. The van der Waals surface area contributed by atoms with E-state index in [0.717, 1.165) is 11.4 Å². The van der Waals surface area contributed by atoms with Gasteiger partial charge in [-0.3, -0.25) is 0 Å². The fourth-order valence-electron chi connectivity index (χ4n) is 5.69. The summed E-state index contributed by atoms with van der Waals surface area (Å²) in [5.74, 6) is 0. The molecule has 0 radical (unpaired) electrons. The lowest BCUT2D eigenvalue weighted by atomic mass is 9.86. The van der Waals surface area contributed by atoms with E-state index in [1.165, 1.54) is 49.1 Å². The van der Waals surface area contributed by atoms with Crippen LogP contribution >= 0.6 is 0 Å². The molecule has 0 aromatic heterocycles. The molecule has 6 aromatic carbocycles. The van der Waals surface area contributed by atoms with Gasteiger partial charge in [0.2, 0.25) is 0 Å². The van der Waals surface area contributed by atoms with Crippen molar-refractivity contribution in [3.05, 3.63) is 126 Å². The Morgan fingerprint density at radius 1 is 0.436 bits per heavy atom. The zero-order valence-electron chi connectivity index (χ0n) is 23.9. The highest BCUT2D eigenvalue weighted by atomic mass is 15.1. The first-order valence-corrected chi connectivity index (χ1v) is 14.0. The molecule has 1 nitrogen and oxygen atoms in total. The van der Waals surface area contributed by atoms with Gasteiger partial charge >= 0.3 is 0 Å². The van der Waals surface area contributed by atoms with Crippen LogP contribution < -0.4 is 4.90 Å². The molecule has 0 bridgehead atoms. The van der Waals surface area contributed by atoms with Crippen LogP contribution in [0.1, 0.15) is 52.7 Å². The summed E-state index contributed by atoms with van der Waals surface area (Å²) in [4.78, 5) is 2.43. The molecule has 1 heteroatoms. The smallest absolute Gasteiger partial charge is 0.0546 e. The summed E-state index contributed by atoms with van der Waals surface area (Å²) < 4.78 is 0. The second kappa shape index (κ2) is 9.27. The molecule has 0 aliphatic heterocycles. The van der Waals surface area contributed by atoms with E-state index in [1.807, 2.05) is 0 Å². The first kappa shape index (κ1) is 25.2. The van der Waals surface area contributed by atoms with E-state index in [0.29, 0.717) is 0 Å². The third kappa shape index (κ3) is 4.57. The maximum Gasteiger partial charge on any atom is 0.0546 e. The molecule has 0 atom stereocenters. The van der Waals surface area contributed by atoms with Crippen LogP contribution in [0, 0.1) is 0 Å². The summed E-state index contributed by atoms with van der Waals surface area (Å²) in [5.41, 5.74) is 6.41. The number of anilines is 3. The minimum atomic E-state index is 0.106. The van der Waals surface area contributed by atoms with Crippen molar-refractivity contribution >= 4 is 49.4 Å². The van der Waals surface area contributed by atoms with Gasteiger partial charge in [0.25, 0.3) is 0 Å². The zero-order valence-corrected chi connectivity index (χ0v) is 23.9. The minimum Gasteiger partial charge on any atom is -0.310 e. The van der Waals surface area contributed by atoms with Crippen LogP contribution in [-0.4, -0.2) is 0 Å². The number of hydrogen-bond acceptors (Lipinski definition) is 1. The highest BCUT2D eigenvalue weighted by molar-refractivity contribution is 6.23. The summed E-state index contributed by atoms with van der Waals surface area (Å²) in [6.45, 7) is 13.6. The van der Waals surface area contributed by atoms with Crippen LogP contribution in [0.15, 0.2) is 115 Å². The summed E-state index contributed by atoms with van der Waals surface area (Å²) in [6.07, 6.45) is 0. The monoisotopic (exact) mass is 507 g/mol. The maximum absolute atomic E-state index is 2.43. The molecule has 0 saturated carbocycles. The topological polar surface area (TPSA) is 3.24 Å². The van der Waals surface area contributed by atoms with E-state index in [1.54, 1.807) is 0 Å². The van der Waals surface area contributed by atoms with Gasteiger partial charge in [0.15, 0.2) is 0 Å². The average molecular weight is 508 g/mol. The molecular weight excluding hydrogens is 470 g/mol. The highest BCUT2D eigenvalue weighted by Gasteiger charge is 2.21. The first-order chi connectivity index (χ1) is 18.6. The van der Waals surface area contributed by atoms with Gasteiger partial charge in [-0.1, -0.05) is 126 Å². The van der Waals surface area contributed by atoms with E-state index >= 15 is 0 Å². The Morgan fingerprint density at radius 3 is 1.44 bits per heavy atom. The van der Waals surface area contributed by atoms with Crippen molar-refractivity contribution in [2.45, 2.75) is 52.4 Å². The fourth-order valence-corrected chi connectivity index (χ4v) is 5.69. The number of fused-ring (bicyclic) bond motifs is 5. The third-order valence-corrected chi connectivity index (χ3v) is 7.95. The number of benzene rings is 6. The van der Waals surface area contributed by atoms with Crippen LogP contribution in [0.5, 0.6) is 0 Å². The number of hydrogen-bond donors (Lipinski definition) is 0. The van der Waals surface area contributed by atoms with E-state index in [2.05, 4.69) is 162 Å². The van der Waals surface area contributed by atoms with E-state index < -0.39 is 0 Å². The van der Waals surface area contributed by atoms with Crippen molar-refractivity contribution in [1.82, 2.24) is 0 Å². The molecule has 0 heterocycles. The molecule has 0 fully saturated rings. The molecule has 0 N–H and O–H groups in total. The molecule has 6 aromatic rings. The Hall–Kier alpha value is -4.10. The molecule has 0 aliphatic carbocycles. The third-order valence-electron chi connectivity index (χ3n) is 7.95. The molecule has 6 rings (SSSR count). The molecule has 0 unspecified atom stereocenters. The normalized spacial score (nSPS) is 12.4. The highest BCUT2D eigenvalue weighted by Crippen LogP contribution is 2.44. The van der Waals surface area contributed by atoms with Crippen LogP contribution in [0.3, 0.4) is 0 Å². The van der Waals surface area contributed by atoms with Crippen molar-refractivity contribution in [2.75, 3.05) is 4.90 Å². The first-order valence-electron chi connectivity index (χ1n) is 14.0. The van der Waals surface area contributed by atoms with E-state index in [9.17, 15) is 0 Å². The predicted octanol–water partition coefficient (Wildman–Crippen LogP) is 11.2. The Kier molecular flexibility index (Phi) is 5.99. The van der Waals surface area contributed by atoms with E-state index in [-0.39, 0.29) is 10.8 Å². The summed E-state index contributed by atoms with van der Waals surface area (Å²) >= 11 is 0. The van der Waals surface area contributed by atoms with Crippen molar-refractivity contribution in [3.8, 4) is 0 Å². The Bertz CT molecular complexity index is 1740. The van der Waals surface area contributed by atoms with Crippen LogP contribution in [0.2, 0.25) is 0 Å². The van der Waals surface area contributed by atoms with Crippen LogP contribution in [0.25, 0.3) is 32.3 Å². The average Bonchev–Trinajstić information content (AvgIpc) is 2.92. The van der Waals surface area contributed by atoms with Gasteiger partial charge in [-0.2, -0.15) is 0 Å². The van der Waals surface area contributed by atoms with Gasteiger partial charge in [-0.05, 0) is 79.2 Å². The van der Waals surface area contributed by atoms with Crippen LogP contribution in [-0.2, 0) is 10.8 Å². The molecule has 194 valence electrons. The Labute approximate surface area is 232 Å². The summed E-state index contributed by atoms with van der Waals surface area (Å²) in [5, 5.41) is 7.68. The number of rotatable bonds is 3. The summed E-state index contributed by atoms with van der Waals surface area (Å²) in [7, 11) is 0. The zero-order chi connectivity index (χ0) is 27.4. The molecule has 0 aliphatic rings. The quantitative estimate of drug-likeness (QED) is 0.215. The molecule has 0 saturated heterocycles. The lowest BCUT2D eigenvalue weighted by Gasteiger charge is -2.29. The van der Waals surface area contributed by atoms with Crippen molar-refractivity contribution in [2.24, 2.45) is 0 Å². The van der Waals surface area contributed by atoms with Crippen LogP contribution in [0.4, 0.5) is 17.1 Å². The second-order valence-corrected chi connectivity index (χ2v) is 12.8. The lowest BCUT2D eigenvalue weighted by Crippen LogP contribution is -2.14. The largest absolute Gasteiger partial charge is 0.310 e. The maximum atomic E-state index is 2.43. The van der Waals surface area contributed by atoms with Crippen molar-refractivity contribution < 1.29 is 0 Å². The molecule has 0 amide bonds. The van der Waals surface area contributed by atoms with Crippen molar-refractivity contribution in [1.29, 1.82) is 0 Å². The van der Waals surface area contributed by atoms with E-state index in [4.69, 9.17) is 0 Å². The Morgan fingerprint density at radius 2 is 0.897 bits per heavy atom. The number of nitrogens with zero attached hydrogens (tertiary/aromatic N) is 1.